The van der Waals surface area contributed by atoms with Crippen molar-refractivity contribution in [1.29, 1.82) is 0 Å². The van der Waals surface area contributed by atoms with Crippen molar-refractivity contribution in [3.8, 4) is 0 Å². The predicted molar refractivity (Wildman–Crippen MR) is 42.5 cm³/mol. The van der Waals surface area contributed by atoms with Gasteiger partial charge in [0.25, 0.3) is 0 Å². The fourth-order valence-electron chi connectivity index (χ4n) is 0.805. The van der Waals surface area contributed by atoms with Crippen LogP contribution in [0.3, 0.4) is 0 Å². The van der Waals surface area contributed by atoms with E-state index in [0.717, 1.165) is 12.1 Å². The van der Waals surface area contributed by atoms with E-state index in [0.29, 0.717) is 5.56 Å². The van der Waals surface area contributed by atoms with E-state index < -0.39 is 11.6 Å². The first-order valence-corrected chi connectivity index (χ1v) is 3.46. The highest BCUT2D eigenvalue weighted by molar-refractivity contribution is 5.49. The highest BCUT2D eigenvalue weighted by Crippen LogP contribution is 2.09. The maximum atomic E-state index is 12.5. The Labute approximate surface area is 69.0 Å². The molecule has 0 aromatic heterocycles. The van der Waals surface area contributed by atoms with Gasteiger partial charge in [-0.3, -0.25) is 0 Å². The Balaban J connectivity index is 2.89. The fraction of sp³-hybridized carbons (Fsp3) is 0.111. The zero-order valence-corrected chi connectivity index (χ0v) is 6.30. The Bertz CT molecular complexity index is 295. The Hall–Kier alpha value is -1.22. The summed E-state index contributed by atoms with van der Waals surface area (Å²) in [7, 11) is 0. The molecule has 1 aromatic rings. The summed E-state index contributed by atoms with van der Waals surface area (Å²) >= 11 is 0. The van der Waals surface area contributed by atoms with Crippen LogP contribution in [0.25, 0.3) is 6.08 Å². The molecule has 64 valence electrons. The van der Waals surface area contributed by atoms with Crippen molar-refractivity contribution >= 4 is 6.08 Å². The third-order valence-corrected chi connectivity index (χ3v) is 1.36. The smallest absolute Gasteiger partial charge is 0.159 e. The van der Waals surface area contributed by atoms with E-state index in [-0.39, 0.29) is 6.61 Å². The van der Waals surface area contributed by atoms with Gasteiger partial charge >= 0.3 is 0 Å². The van der Waals surface area contributed by atoms with Crippen molar-refractivity contribution in [3.63, 3.8) is 0 Å². The zero-order valence-electron chi connectivity index (χ0n) is 6.30. The molecular weight excluding hydrogens is 162 g/mol. The monoisotopic (exact) mass is 170 g/mol. The second kappa shape index (κ2) is 3.97. The molecule has 0 fully saturated rings. The van der Waals surface area contributed by atoms with Crippen LogP contribution in [0.1, 0.15) is 5.56 Å². The second-order valence-corrected chi connectivity index (χ2v) is 2.26. The van der Waals surface area contributed by atoms with E-state index in [1.165, 1.54) is 18.2 Å². The highest BCUT2D eigenvalue weighted by Gasteiger charge is 1.99. The SMILES string of the molecule is OC/C=C\c1ccc(F)c(F)c1. The van der Waals surface area contributed by atoms with Gasteiger partial charge in [-0.05, 0) is 17.7 Å². The number of aliphatic hydroxyl groups is 1. The molecule has 3 heteroatoms. The van der Waals surface area contributed by atoms with Crippen LogP contribution in [0.15, 0.2) is 24.3 Å². The van der Waals surface area contributed by atoms with Gasteiger partial charge in [-0.25, -0.2) is 8.78 Å². The maximum Gasteiger partial charge on any atom is 0.159 e. The van der Waals surface area contributed by atoms with E-state index in [1.807, 2.05) is 0 Å². The number of halogens is 2. The first kappa shape index (κ1) is 8.87. The molecule has 1 rings (SSSR count). The van der Waals surface area contributed by atoms with Gasteiger partial charge < -0.3 is 5.11 Å². The van der Waals surface area contributed by atoms with Crippen LogP contribution >= 0.6 is 0 Å². The van der Waals surface area contributed by atoms with Crippen LogP contribution in [0.2, 0.25) is 0 Å². The summed E-state index contributed by atoms with van der Waals surface area (Å²) in [5.74, 6) is -1.74. The van der Waals surface area contributed by atoms with E-state index in [4.69, 9.17) is 5.11 Å². The van der Waals surface area contributed by atoms with E-state index in [9.17, 15) is 8.78 Å². The van der Waals surface area contributed by atoms with Crippen LogP contribution < -0.4 is 0 Å². The molecule has 0 unspecified atom stereocenters. The van der Waals surface area contributed by atoms with Crippen molar-refractivity contribution in [2.24, 2.45) is 0 Å². The van der Waals surface area contributed by atoms with Gasteiger partial charge in [0.2, 0.25) is 0 Å². The van der Waals surface area contributed by atoms with Gasteiger partial charge in [0.05, 0.1) is 6.61 Å². The summed E-state index contributed by atoms with van der Waals surface area (Å²) in [6.07, 6.45) is 2.97. The predicted octanol–water partition coefficient (Wildman–Crippen LogP) is 1.97. The number of benzene rings is 1. The third kappa shape index (κ3) is 2.13. The topological polar surface area (TPSA) is 20.2 Å². The summed E-state index contributed by atoms with van der Waals surface area (Å²) in [6, 6.07) is 3.55. The van der Waals surface area contributed by atoms with Crippen LogP contribution in [-0.4, -0.2) is 11.7 Å². The summed E-state index contributed by atoms with van der Waals surface area (Å²) in [5.41, 5.74) is 0.531. The van der Waals surface area contributed by atoms with Crippen molar-refractivity contribution < 1.29 is 13.9 Å². The van der Waals surface area contributed by atoms with Gasteiger partial charge in [-0.2, -0.15) is 0 Å². The number of hydrogen-bond donors (Lipinski definition) is 1. The molecular formula is C9H8F2O. The first-order chi connectivity index (χ1) is 5.74. The molecule has 0 bridgehead atoms. The van der Waals surface area contributed by atoms with Crippen molar-refractivity contribution in [3.05, 3.63) is 41.5 Å². The lowest BCUT2D eigenvalue weighted by Crippen LogP contribution is -1.83. The Morgan fingerprint density at radius 3 is 2.58 bits per heavy atom. The third-order valence-electron chi connectivity index (χ3n) is 1.36. The van der Waals surface area contributed by atoms with Crippen molar-refractivity contribution in [2.75, 3.05) is 6.61 Å². The molecule has 0 amide bonds. The Morgan fingerprint density at radius 1 is 1.25 bits per heavy atom. The maximum absolute atomic E-state index is 12.5. The molecule has 0 radical (unpaired) electrons. The highest BCUT2D eigenvalue weighted by atomic mass is 19.2. The lowest BCUT2D eigenvalue weighted by Gasteiger charge is -1.94. The van der Waals surface area contributed by atoms with Gasteiger partial charge in [-0.1, -0.05) is 18.2 Å². The lowest BCUT2D eigenvalue weighted by molar-refractivity contribution is 0.343. The van der Waals surface area contributed by atoms with Crippen LogP contribution in [-0.2, 0) is 0 Å². The van der Waals surface area contributed by atoms with E-state index in [1.54, 1.807) is 0 Å². The molecule has 0 heterocycles. The molecule has 1 N–H and O–H groups in total. The minimum absolute atomic E-state index is 0.112. The molecule has 0 saturated carbocycles. The summed E-state index contributed by atoms with van der Waals surface area (Å²) in [5, 5.41) is 8.40. The van der Waals surface area contributed by atoms with Crippen molar-refractivity contribution in [1.82, 2.24) is 0 Å². The number of rotatable bonds is 2. The molecule has 0 atom stereocenters. The van der Waals surface area contributed by atoms with Gasteiger partial charge in [0, 0.05) is 0 Å². The average molecular weight is 170 g/mol. The van der Waals surface area contributed by atoms with Gasteiger partial charge in [-0.15, -0.1) is 0 Å². The van der Waals surface area contributed by atoms with Gasteiger partial charge in [0.15, 0.2) is 11.6 Å². The summed E-state index contributed by atoms with van der Waals surface area (Å²) < 4.78 is 24.9. The fourth-order valence-corrected chi connectivity index (χ4v) is 0.805. The molecule has 0 aliphatic rings. The number of hydrogen-bond acceptors (Lipinski definition) is 1. The Morgan fingerprint density at radius 2 is 2.00 bits per heavy atom. The van der Waals surface area contributed by atoms with E-state index in [2.05, 4.69) is 0 Å². The van der Waals surface area contributed by atoms with E-state index >= 15 is 0 Å². The van der Waals surface area contributed by atoms with Crippen LogP contribution in [0.5, 0.6) is 0 Å². The quantitative estimate of drug-likeness (QED) is 0.719. The summed E-state index contributed by atoms with van der Waals surface area (Å²) in [4.78, 5) is 0. The zero-order chi connectivity index (χ0) is 8.97. The molecule has 1 nitrogen and oxygen atoms in total. The van der Waals surface area contributed by atoms with Gasteiger partial charge in [0.1, 0.15) is 0 Å². The molecule has 12 heavy (non-hydrogen) atoms. The number of aliphatic hydroxyl groups excluding tert-OH is 1. The molecule has 0 aliphatic heterocycles. The normalized spacial score (nSPS) is 10.9. The molecule has 0 saturated heterocycles. The minimum Gasteiger partial charge on any atom is -0.392 e. The average Bonchev–Trinajstić information content (AvgIpc) is 2.07. The second-order valence-electron chi connectivity index (χ2n) is 2.26. The molecule has 0 spiro atoms. The van der Waals surface area contributed by atoms with Crippen LogP contribution in [0, 0.1) is 11.6 Å². The largest absolute Gasteiger partial charge is 0.392 e. The Kier molecular flexibility index (Phi) is 2.94. The molecule has 0 aliphatic carbocycles. The first-order valence-electron chi connectivity index (χ1n) is 3.46. The minimum atomic E-state index is -0.880. The van der Waals surface area contributed by atoms with Crippen molar-refractivity contribution in [2.45, 2.75) is 0 Å². The molecule has 1 aromatic carbocycles. The lowest BCUT2D eigenvalue weighted by atomic mass is 10.2. The van der Waals surface area contributed by atoms with Crippen LogP contribution in [0.4, 0.5) is 8.78 Å². The summed E-state index contributed by atoms with van der Waals surface area (Å²) in [6.45, 7) is -0.112. The standard InChI is InChI=1S/C9H8F2O/c10-8-4-3-7(2-1-5-12)6-9(8)11/h1-4,6,12H,5H2/b2-1-.